The molecule has 1 N–H and O–H groups in total. The normalized spacial score (nSPS) is 46.0. The van der Waals surface area contributed by atoms with Crippen LogP contribution in [0.5, 0.6) is 0 Å². The van der Waals surface area contributed by atoms with Crippen molar-refractivity contribution in [3.8, 4) is 0 Å². The van der Waals surface area contributed by atoms with Gasteiger partial charge >= 0.3 is 0 Å². The Bertz CT molecular complexity index is 701. The second-order valence-electron chi connectivity index (χ2n) is 12.7. The van der Waals surface area contributed by atoms with E-state index in [-0.39, 0.29) is 6.10 Å². The van der Waals surface area contributed by atoms with Crippen LogP contribution in [0.2, 0.25) is 0 Å². The molecule has 2 unspecified atom stereocenters. The first kappa shape index (κ1) is 22.6. The molecule has 1 nitrogen and oxygen atoms in total. The second kappa shape index (κ2) is 8.09. The van der Waals surface area contributed by atoms with Crippen LogP contribution < -0.4 is 0 Å². The molecule has 0 heterocycles. The van der Waals surface area contributed by atoms with E-state index in [0.717, 1.165) is 36.5 Å². The maximum atomic E-state index is 10.3. The van der Waals surface area contributed by atoms with Gasteiger partial charge in [-0.25, -0.2) is 0 Å². The van der Waals surface area contributed by atoms with Gasteiger partial charge in [-0.1, -0.05) is 64.8 Å². The van der Waals surface area contributed by atoms with Gasteiger partial charge in [0.2, 0.25) is 0 Å². The van der Waals surface area contributed by atoms with Crippen molar-refractivity contribution in [1.29, 1.82) is 0 Å². The Morgan fingerprint density at radius 1 is 1.00 bits per heavy atom. The number of hydrogen-bond acceptors (Lipinski definition) is 1. The first-order valence-corrected chi connectivity index (χ1v) is 13.1. The molecule has 0 aliphatic heterocycles. The number of hydrogen-bond donors (Lipinski definition) is 1. The third-order valence-corrected chi connectivity index (χ3v) is 11.0. The molecule has 1 heteroatoms. The van der Waals surface area contributed by atoms with Crippen LogP contribution >= 0.6 is 0 Å². The van der Waals surface area contributed by atoms with Gasteiger partial charge < -0.3 is 5.11 Å². The molecule has 4 aliphatic rings. The van der Waals surface area contributed by atoms with Gasteiger partial charge in [0.25, 0.3) is 0 Å². The fourth-order valence-electron chi connectivity index (χ4n) is 8.60. The maximum absolute atomic E-state index is 10.3. The molecule has 0 spiro atoms. The summed E-state index contributed by atoms with van der Waals surface area (Å²) >= 11 is 0. The molecule has 9 atom stereocenters. The Kier molecular flexibility index (Phi) is 6.10. The van der Waals surface area contributed by atoms with Crippen LogP contribution in [0, 0.1) is 52.3 Å². The van der Waals surface area contributed by atoms with Gasteiger partial charge in [-0.3, -0.25) is 0 Å². The minimum absolute atomic E-state index is 0.0492. The van der Waals surface area contributed by atoms with E-state index in [9.17, 15) is 5.11 Å². The quantitative estimate of drug-likeness (QED) is 0.467. The van der Waals surface area contributed by atoms with Gasteiger partial charge in [-0.15, -0.1) is 0 Å². The topological polar surface area (TPSA) is 20.2 Å². The average molecular weight is 413 g/mol. The zero-order chi connectivity index (χ0) is 21.8. The van der Waals surface area contributed by atoms with Crippen molar-refractivity contribution in [3.63, 3.8) is 0 Å². The van der Waals surface area contributed by atoms with Crippen molar-refractivity contribution in [2.24, 2.45) is 52.3 Å². The van der Waals surface area contributed by atoms with E-state index in [1.807, 2.05) is 5.57 Å². The molecule has 4 rings (SSSR count). The molecule has 0 aromatic rings. The highest BCUT2D eigenvalue weighted by molar-refractivity contribution is 5.28. The first-order valence-electron chi connectivity index (χ1n) is 13.1. The van der Waals surface area contributed by atoms with Crippen LogP contribution in [-0.2, 0) is 0 Å². The van der Waals surface area contributed by atoms with Crippen LogP contribution in [0.15, 0.2) is 23.3 Å². The monoisotopic (exact) mass is 412 g/mol. The molecule has 30 heavy (non-hydrogen) atoms. The van der Waals surface area contributed by atoms with E-state index in [0.29, 0.717) is 28.6 Å². The Hall–Kier alpha value is -0.560. The van der Waals surface area contributed by atoms with E-state index >= 15 is 0 Å². The SMILES string of the molecule is C/C(=C\C(C)[C@H]1CC[C@H]2C3=CC[C@H]4C[C@@H](O)CC[C@]4(C)[C@H]3CC[C@]12C)C(C)C(C)C. The van der Waals surface area contributed by atoms with Gasteiger partial charge in [0.15, 0.2) is 0 Å². The molecule has 3 saturated carbocycles. The molecule has 3 fully saturated rings. The van der Waals surface area contributed by atoms with E-state index in [4.69, 9.17) is 0 Å². The number of fused-ring (bicyclic) bond motifs is 5. The lowest BCUT2D eigenvalue weighted by molar-refractivity contribution is -0.0414. The average Bonchev–Trinajstić information content (AvgIpc) is 3.05. The van der Waals surface area contributed by atoms with Crippen LogP contribution in [0.25, 0.3) is 0 Å². The number of aliphatic hydroxyl groups excluding tert-OH is 1. The molecule has 0 aromatic heterocycles. The number of allylic oxidation sites excluding steroid dienone is 4. The summed E-state index contributed by atoms with van der Waals surface area (Å²) in [6.07, 6.45) is 15.4. The fraction of sp³-hybridized carbons (Fsp3) is 0.862. The Labute approximate surface area is 186 Å². The fourth-order valence-corrected chi connectivity index (χ4v) is 8.60. The van der Waals surface area contributed by atoms with Gasteiger partial charge in [0.1, 0.15) is 0 Å². The molecule has 170 valence electrons. The third-order valence-electron chi connectivity index (χ3n) is 11.0. The standard InChI is InChI=1S/C29H48O/c1-18(2)21(5)19(3)16-20(4)25-10-11-26-24-9-8-22-17-23(30)12-14-28(22,6)27(24)13-15-29(25,26)7/h9,16,18,20-23,25-27,30H,8,10-15,17H2,1-7H3/b19-16+/t20?,21?,22-,23-,25+,26-,27-,28-,29+/m0/s1. The van der Waals surface area contributed by atoms with Crippen LogP contribution in [-0.4, -0.2) is 11.2 Å². The van der Waals surface area contributed by atoms with Crippen molar-refractivity contribution < 1.29 is 5.11 Å². The van der Waals surface area contributed by atoms with E-state index in [1.165, 1.54) is 38.5 Å². The van der Waals surface area contributed by atoms with E-state index in [1.54, 1.807) is 5.57 Å². The zero-order valence-electron chi connectivity index (χ0n) is 20.9. The molecule has 0 aromatic carbocycles. The molecule has 0 bridgehead atoms. The van der Waals surface area contributed by atoms with Crippen LogP contribution in [0.4, 0.5) is 0 Å². The van der Waals surface area contributed by atoms with Crippen molar-refractivity contribution in [2.75, 3.05) is 0 Å². The molecule has 0 saturated heterocycles. The lowest BCUT2D eigenvalue weighted by atomic mass is 9.47. The van der Waals surface area contributed by atoms with Gasteiger partial charge in [-0.2, -0.15) is 0 Å². The predicted molar refractivity (Wildman–Crippen MR) is 128 cm³/mol. The summed E-state index contributed by atoms with van der Waals surface area (Å²) in [5, 5.41) is 10.3. The third kappa shape index (κ3) is 3.56. The van der Waals surface area contributed by atoms with Crippen molar-refractivity contribution in [1.82, 2.24) is 0 Å². The number of aliphatic hydroxyl groups is 1. The number of rotatable bonds is 4. The summed E-state index contributed by atoms with van der Waals surface area (Å²) in [5.74, 6) is 5.24. The highest BCUT2D eigenvalue weighted by Gasteiger charge is 2.58. The Morgan fingerprint density at radius 3 is 2.37 bits per heavy atom. The predicted octanol–water partition coefficient (Wildman–Crippen LogP) is 7.80. The summed E-state index contributed by atoms with van der Waals surface area (Å²) in [4.78, 5) is 0. The molecular formula is C29H48O. The highest BCUT2D eigenvalue weighted by Crippen LogP contribution is 2.66. The lowest BCUT2D eigenvalue weighted by Crippen LogP contribution is -2.49. The molecular weight excluding hydrogens is 364 g/mol. The van der Waals surface area contributed by atoms with E-state index in [2.05, 4.69) is 60.6 Å². The Morgan fingerprint density at radius 2 is 1.67 bits per heavy atom. The summed E-state index contributed by atoms with van der Waals surface area (Å²) < 4.78 is 0. The highest BCUT2D eigenvalue weighted by atomic mass is 16.3. The summed E-state index contributed by atoms with van der Waals surface area (Å²) in [6.45, 7) is 17.2. The minimum Gasteiger partial charge on any atom is -0.393 e. The molecule has 4 aliphatic carbocycles. The second-order valence-corrected chi connectivity index (χ2v) is 12.7. The zero-order valence-corrected chi connectivity index (χ0v) is 20.9. The van der Waals surface area contributed by atoms with Gasteiger partial charge in [0, 0.05) is 0 Å². The molecule has 0 radical (unpaired) electrons. The van der Waals surface area contributed by atoms with Crippen LogP contribution in [0.1, 0.15) is 99.8 Å². The molecule has 0 amide bonds. The van der Waals surface area contributed by atoms with Crippen molar-refractivity contribution in [3.05, 3.63) is 23.3 Å². The van der Waals surface area contributed by atoms with Gasteiger partial charge in [0.05, 0.1) is 6.10 Å². The summed E-state index contributed by atoms with van der Waals surface area (Å²) in [6, 6.07) is 0. The first-order chi connectivity index (χ1) is 14.1. The largest absolute Gasteiger partial charge is 0.393 e. The lowest BCUT2D eigenvalue weighted by Gasteiger charge is -2.57. The summed E-state index contributed by atoms with van der Waals surface area (Å²) in [7, 11) is 0. The Balaban J connectivity index is 1.56. The van der Waals surface area contributed by atoms with Crippen molar-refractivity contribution in [2.45, 2.75) is 106 Å². The van der Waals surface area contributed by atoms with Crippen molar-refractivity contribution >= 4 is 0 Å². The smallest absolute Gasteiger partial charge is 0.0543 e. The van der Waals surface area contributed by atoms with Crippen LogP contribution in [0.3, 0.4) is 0 Å². The summed E-state index contributed by atoms with van der Waals surface area (Å²) in [5.41, 5.74) is 4.38. The minimum atomic E-state index is -0.0492. The van der Waals surface area contributed by atoms with E-state index < -0.39 is 0 Å². The van der Waals surface area contributed by atoms with Gasteiger partial charge in [-0.05, 0) is 111 Å². The maximum Gasteiger partial charge on any atom is 0.0543 e.